The van der Waals surface area contributed by atoms with Gasteiger partial charge in [0.05, 0.1) is 12.7 Å². The molecular formula is C16H17ClN6O. The van der Waals surface area contributed by atoms with Gasteiger partial charge in [-0.2, -0.15) is 0 Å². The predicted octanol–water partition coefficient (Wildman–Crippen LogP) is 1.81. The van der Waals surface area contributed by atoms with Gasteiger partial charge in [0.25, 0.3) is 0 Å². The Balaban J connectivity index is 1.47. The van der Waals surface area contributed by atoms with Crippen LogP contribution in [0.3, 0.4) is 0 Å². The Morgan fingerprint density at radius 3 is 2.79 bits per heavy atom. The predicted molar refractivity (Wildman–Crippen MR) is 92.5 cm³/mol. The first kappa shape index (κ1) is 16.2. The number of nitrogens with two attached hydrogens (primary N) is 1. The van der Waals surface area contributed by atoms with Crippen LogP contribution in [0, 0.1) is 0 Å². The van der Waals surface area contributed by atoms with E-state index in [1.54, 1.807) is 18.5 Å². The molecular weight excluding hydrogens is 328 g/mol. The lowest BCUT2D eigenvalue weighted by Gasteiger charge is -2.07. The van der Waals surface area contributed by atoms with E-state index in [-0.39, 0.29) is 5.91 Å². The molecule has 0 aliphatic rings. The minimum atomic E-state index is -0.0145. The van der Waals surface area contributed by atoms with Gasteiger partial charge in [0, 0.05) is 18.1 Å². The Hall–Kier alpha value is -2.67. The molecule has 24 heavy (non-hydrogen) atoms. The fourth-order valence-electron chi connectivity index (χ4n) is 2.39. The summed E-state index contributed by atoms with van der Waals surface area (Å²) in [5.74, 6) is 0.356. The van der Waals surface area contributed by atoms with E-state index >= 15 is 0 Å². The summed E-state index contributed by atoms with van der Waals surface area (Å²) in [7, 11) is 0. The Bertz CT molecular complexity index is 845. The number of rotatable bonds is 6. The number of hydrogen-bond donors (Lipinski definition) is 2. The second kappa shape index (κ2) is 7.27. The standard InChI is InChI=1S/C16H17ClN6O/c17-12-4-2-11(3-5-12)8-13(24)19-6-1-7-23-10-22-14-15(18)20-9-21-16(14)23/h2-5,9-10H,1,6-8H2,(H,19,24)(H2,18,20,21). The minimum absolute atomic E-state index is 0.0145. The minimum Gasteiger partial charge on any atom is -0.382 e. The van der Waals surface area contributed by atoms with Gasteiger partial charge in [0.2, 0.25) is 5.91 Å². The number of imidazole rings is 1. The third-order valence-corrected chi connectivity index (χ3v) is 3.86. The van der Waals surface area contributed by atoms with Gasteiger partial charge in [-0.3, -0.25) is 4.79 Å². The SMILES string of the molecule is Nc1ncnc2c1ncn2CCCNC(=O)Cc1ccc(Cl)cc1. The maximum atomic E-state index is 11.9. The third kappa shape index (κ3) is 3.80. The molecule has 0 aliphatic carbocycles. The summed E-state index contributed by atoms with van der Waals surface area (Å²) in [4.78, 5) is 24.2. The molecule has 8 heteroatoms. The lowest BCUT2D eigenvalue weighted by atomic mass is 10.1. The van der Waals surface area contributed by atoms with Crippen LogP contribution in [0.1, 0.15) is 12.0 Å². The first-order chi connectivity index (χ1) is 11.6. The number of aromatic nitrogens is 4. The molecule has 3 aromatic rings. The zero-order valence-corrected chi connectivity index (χ0v) is 13.7. The molecule has 2 aromatic heterocycles. The lowest BCUT2D eigenvalue weighted by molar-refractivity contribution is -0.120. The van der Waals surface area contributed by atoms with E-state index < -0.39 is 0 Å². The normalized spacial score (nSPS) is 10.9. The van der Waals surface area contributed by atoms with E-state index in [1.807, 2.05) is 16.7 Å². The van der Waals surface area contributed by atoms with Gasteiger partial charge in [0.1, 0.15) is 11.8 Å². The monoisotopic (exact) mass is 344 g/mol. The van der Waals surface area contributed by atoms with Gasteiger partial charge in [-0.05, 0) is 24.1 Å². The van der Waals surface area contributed by atoms with Crippen molar-refractivity contribution in [2.75, 3.05) is 12.3 Å². The maximum absolute atomic E-state index is 11.9. The van der Waals surface area contributed by atoms with Crippen molar-refractivity contribution < 1.29 is 4.79 Å². The molecule has 124 valence electrons. The summed E-state index contributed by atoms with van der Waals surface area (Å²) < 4.78 is 1.90. The van der Waals surface area contributed by atoms with Gasteiger partial charge in [-0.25, -0.2) is 15.0 Å². The maximum Gasteiger partial charge on any atom is 0.224 e. The number of hydrogen-bond acceptors (Lipinski definition) is 5. The van der Waals surface area contributed by atoms with Crippen molar-refractivity contribution in [1.82, 2.24) is 24.8 Å². The molecule has 0 saturated carbocycles. The number of carbonyl (C=O) groups excluding carboxylic acids is 1. The molecule has 3 N–H and O–H groups in total. The topological polar surface area (TPSA) is 98.7 Å². The zero-order valence-electron chi connectivity index (χ0n) is 12.9. The van der Waals surface area contributed by atoms with Crippen LogP contribution >= 0.6 is 11.6 Å². The Morgan fingerprint density at radius 1 is 1.21 bits per heavy atom. The summed E-state index contributed by atoms with van der Waals surface area (Å²) in [6, 6.07) is 7.26. The third-order valence-electron chi connectivity index (χ3n) is 3.61. The number of carbonyl (C=O) groups is 1. The first-order valence-electron chi connectivity index (χ1n) is 7.56. The number of amides is 1. The van der Waals surface area contributed by atoms with Gasteiger partial charge < -0.3 is 15.6 Å². The molecule has 1 amide bonds. The molecule has 0 radical (unpaired) electrons. The number of nitrogens with zero attached hydrogens (tertiary/aromatic N) is 4. The quantitative estimate of drug-likeness (QED) is 0.664. The molecule has 3 rings (SSSR count). The van der Waals surface area contributed by atoms with Crippen molar-refractivity contribution in [3.05, 3.63) is 47.5 Å². The van der Waals surface area contributed by atoms with E-state index in [9.17, 15) is 4.79 Å². The summed E-state index contributed by atoms with van der Waals surface area (Å²) in [5, 5.41) is 3.57. The summed E-state index contributed by atoms with van der Waals surface area (Å²) in [6.07, 6.45) is 4.21. The fraction of sp³-hybridized carbons (Fsp3) is 0.250. The Labute approximate surface area is 143 Å². The average Bonchev–Trinajstić information content (AvgIpc) is 2.98. The molecule has 1 aromatic carbocycles. The van der Waals surface area contributed by atoms with Crippen molar-refractivity contribution in [1.29, 1.82) is 0 Å². The van der Waals surface area contributed by atoms with Crippen LogP contribution in [0.15, 0.2) is 36.9 Å². The number of anilines is 1. The molecule has 0 bridgehead atoms. The number of nitrogen functional groups attached to an aromatic ring is 1. The molecule has 0 aliphatic heterocycles. The van der Waals surface area contributed by atoms with Crippen LogP contribution < -0.4 is 11.1 Å². The van der Waals surface area contributed by atoms with E-state index in [0.29, 0.717) is 41.5 Å². The lowest BCUT2D eigenvalue weighted by Crippen LogP contribution is -2.26. The molecule has 2 heterocycles. The molecule has 0 spiro atoms. The van der Waals surface area contributed by atoms with Crippen LogP contribution in [-0.4, -0.2) is 32.0 Å². The number of benzene rings is 1. The highest BCUT2D eigenvalue weighted by molar-refractivity contribution is 6.30. The summed E-state index contributed by atoms with van der Waals surface area (Å²) in [6.45, 7) is 1.26. The van der Waals surface area contributed by atoms with E-state index in [2.05, 4.69) is 20.3 Å². The molecule has 0 saturated heterocycles. The Kier molecular flexibility index (Phi) is 4.90. The molecule has 0 atom stereocenters. The fourth-order valence-corrected chi connectivity index (χ4v) is 2.52. The molecule has 7 nitrogen and oxygen atoms in total. The van der Waals surface area contributed by atoms with Crippen molar-refractivity contribution in [3.63, 3.8) is 0 Å². The van der Waals surface area contributed by atoms with Crippen molar-refractivity contribution in [2.24, 2.45) is 0 Å². The van der Waals surface area contributed by atoms with Crippen LogP contribution in [0.25, 0.3) is 11.2 Å². The van der Waals surface area contributed by atoms with Crippen LogP contribution in [0.5, 0.6) is 0 Å². The summed E-state index contributed by atoms with van der Waals surface area (Å²) >= 11 is 5.83. The van der Waals surface area contributed by atoms with E-state index in [0.717, 1.165) is 12.0 Å². The van der Waals surface area contributed by atoms with Crippen molar-refractivity contribution >= 4 is 34.5 Å². The van der Waals surface area contributed by atoms with Gasteiger partial charge >= 0.3 is 0 Å². The van der Waals surface area contributed by atoms with Crippen molar-refractivity contribution in [2.45, 2.75) is 19.4 Å². The summed E-state index contributed by atoms with van der Waals surface area (Å²) in [5.41, 5.74) is 7.99. The van der Waals surface area contributed by atoms with Crippen LogP contribution in [-0.2, 0) is 17.8 Å². The Morgan fingerprint density at radius 2 is 2.00 bits per heavy atom. The van der Waals surface area contributed by atoms with Gasteiger partial charge in [-0.15, -0.1) is 0 Å². The zero-order chi connectivity index (χ0) is 16.9. The smallest absolute Gasteiger partial charge is 0.224 e. The molecule has 0 unspecified atom stereocenters. The van der Waals surface area contributed by atoms with Crippen LogP contribution in [0.4, 0.5) is 5.82 Å². The molecule has 0 fully saturated rings. The van der Waals surface area contributed by atoms with Crippen molar-refractivity contribution in [3.8, 4) is 0 Å². The number of aryl methyl sites for hydroxylation is 1. The highest BCUT2D eigenvalue weighted by Gasteiger charge is 2.07. The highest BCUT2D eigenvalue weighted by atomic mass is 35.5. The second-order valence-corrected chi connectivity index (χ2v) is 5.81. The highest BCUT2D eigenvalue weighted by Crippen LogP contribution is 2.14. The number of fused-ring (bicyclic) bond motifs is 1. The van der Waals surface area contributed by atoms with Gasteiger partial charge in [0.15, 0.2) is 11.5 Å². The van der Waals surface area contributed by atoms with E-state index in [4.69, 9.17) is 17.3 Å². The number of halogens is 1. The number of nitrogens with one attached hydrogen (secondary N) is 1. The second-order valence-electron chi connectivity index (χ2n) is 5.38. The largest absolute Gasteiger partial charge is 0.382 e. The van der Waals surface area contributed by atoms with E-state index in [1.165, 1.54) is 6.33 Å². The van der Waals surface area contributed by atoms with Gasteiger partial charge in [-0.1, -0.05) is 23.7 Å². The average molecular weight is 345 g/mol. The first-order valence-corrected chi connectivity index (χ1v) is 7.94. The van der Waals surface area contributed by atoms with Crippen LogP contribution in [0.2, 0.25) is 5.02 Å².